The maximum absolute atomic E-state index is 12.8. The molecule has 122 valence electrons. The zero-order valence-corrected chi connectivity index (χ0v) is 13.2. The van der Waals surface area contributed by atoms with Crippen molar-refractivity contribution in [2.24, 2.45) is 5.10 Å². The van der Waals surface area contributed by atoms with Crippen LogP contribution < -0.4 is 10.7 Å². The summed E-state index contributed by atoms with van der Waals surface area (Å²) in [5.41, 5.74) is 3.70. The first-order valence-corrected chi connectivity index (χ1v) is 7.23. The van der Waals surface area contributed by atoms with Crippen molar-refractivity contribution in [2.75, 3.05) is 5.32 Å². The number of hydrogen-bond acceptors (Lipinski definition) is 4. The number of nitro benzene ring substituents is 1. The summed E-state index contributed by atoms with van der Waals surface area (Å²) < 4.78 is 12.8. The van der Waals surface area contributed by atoms with Gasteiger partial charge in [0.1, 0.15) is 5.82 Å². The van der Waals surface area contributed by atoms with Crippen molar-refractivity contribution in [1.82, 2.24) is 5.43 Å². The smallest absolute Gasteiger partial charge is 0.276 e. The summed E-state index contributed by atoms with van der Waals surface area (Å²) in [6.07, 6.45) is 4.53. The number of halogens is 1. The molecule has 0 heterocycles. The summed E-state index contributed by atoms with van der Waals surface area (Å²) in [5.74, 6) is -0.336. The van der Waals surface area contributed by atoms with Gasteiger partial charge >= 0.3 is 0 Å². The molecule has 0 aliphatic carbocycles. The predicted molar refractivity (Wildman–Crippen MR) is 96.4 cm³/mol. The number of rotatable bonds is 5. The SMILES string of the molecule is O=[N+]([O-])c1ccccc1/C=C/C=N\NC(=S)Nc1ccc(F)cc1. The Morgan fingerprint density at radius 2 is 1.92 bits per heavy atom. The fourth-order valence-corrected chi connectivity index (χ4v) is 1.94. The van der Waals surface area contributed by atoms with Gasteiger partial charge in [0.25, 0.3) is 5.69 Å². The molecule has 0 spiro atoms. The number of nitrogens with zero attached hydrogens (tertiary/aromatic N) is 2. The van der Waals surface area contributed by atoms with Gasteiger partial charge in [-0.25, -0.2) is 4.39 Å². The third-order valence-electron chi connectivity index (χ3n) is 2.84. The van der Waals surface area contributed by atoms with Gasteiger partial charge in [0.15, 0.2) is 5.11 Å². The summed E-state index contributed by atoms with van der Waals surface area (Å²) >= 11 is 5.02. The fraction of sp³-hybridized carbons (Fsp3) is 0. The van der Waals surface area contributed by atoms with Crippen molar-refractivity contribution in [3.8, 4) is 0 Å². The first kappa shape index (κ1) is 17.2. The third kappa shape index (κ3) is 5.25. The minimum absolute atomic E-state index is 0.0172. The van der Waals surface area contributed by atoms with Crippen LogP contribution in [0.2, 0.25) is 0 Å². The first-order valence-electron chi connectivity index (χ1n) is 6.82. The second-order valence-corrected chi connectivity index (χ2v) is 4.93. The molecule has 2 N–H and O–H groups in total. The van der Waals surface area contributed by atoms with E-state index in [1.165, 1.54) is 24.4 Å². The number of para-hydroxylation sites is 1. The normalized spacial score (nSPS) is 10.9. The van der Waals surface area contributed by atoms with Crippen LogP contribution in [0.25, 0.3) is 6.08 Å². The molecule has 0 amide bonds. The van der Waals surface area contributed by atoms with Crippen molar-refractivity contribution < 1.29 is 9.31 Å². The second kappa shape index (κ2) is 8.49. The number of anilines is 1. The van der Waals surface area contributed by atoms with Crippen LogP contribution in [0.1, 0.15) is 5.56 Å². The standard InChI is InChI=1S/C16H13FN4O2S/c17-13-7-9-14(10-8-13)19-16(24)20-18-11-3-5-12-4-1-2-6-15(12)21(22)23/h1-11H,(H2,19,20,24)/b5-3+,18-11-. The van der Waals surface area contributed by atoms with Crippen LogP contribution in [0.15, 0.2) is 59.7 Å². The summed E-state index contributed by atoms with van der Waals surface area (Å²) in [7, 11) is 0. The van der Waals surface area contributed by atoms with E-state index in [-0.39, 0.29) is 16.6 Å². The van der Waals surface area contributed by atoms with Gasteiger partial charge in [0.05, 0.1) is 10.5 Å². The number of nitro groups is 1. The van der Waals surface area contributed by atoms with Crippen molar-refractivity contribution in [3.63, 3.8) is 0 Å². The molecule has 0 saturated heterocycles. The van der Waals surface area contributed by atoms with Crippen LogP contribution in [0, 0.1) is 15.9 Å². The number of hydrazone groups is 1. The van der Waals surface area contributed by atoms with Gasteiger partial charge in [-0.2, -0.15) is 5.10 Å². The minimum Gasteiger partial charge on any atom is -0.331 e. The lowest BCUT2D eigenvalue weighted by molar-refractivity contribution is -0.385. The summed E-state index contributed by atoms with van der Waals surface area (Å²) in [5, 5.41) is 17.8. The van der Waals surface area contributed by atoms with Crippen LogP contribution in [0.4, 0.5) is 15.8 Å². The van der Waals surface area contributed by atoms with Gasteiger partial charge in [-0.1, -0.05) is 12.1 Å². The fourth-order valence-electron chi connectivity index (χ4n) is 1.77. The molecule has 0 aromatic heterocycles. The molecule has 2 aromatic carbocycles. The zero-order valence-electron chi connectivity index (χ0n) is 12.3. The highest BCUT2D eigenvalue weighted by molar-refractivity contribution is 7.80. The molecule has 0 atom stereocenters. The third-order valence-corrected chi connectivity index (χ3v) is 3.03. The van der Waals surface area contributed by atoms with E-state index in [1.807, 2.05) is 0 Å². The average molecular weight is 344 g/mol. The molecule has 0 bridgehead atoms. The second-order valence-electron chi connectivity index (χ2n) is 4.53. The molecule has 0 radical (unpaired) electrons. The molecule has 2 aromatic rings. The average Bonchev–Trinajstić information content (AvgIpc) is 2.57. The Labute approximate surface area is 142 Å². The van der Waals surface area contributed by atoms with Crippen LogP contribution in [-0.4, -0.2) is 16.3 Å². The Kier molecular flexibility index (Phi) is 6.09. The van der Waals surface area contributed by atoms with E-state index < -0.39 is 4.92 Å². The van der Waals surface area contributed by atoms with Crippen molar-refractivity contribution in [2.45, 2.75) is 0 Å². The Bertz CT molecular complexity index is 791. The lowest BCUT2D eigenvalue weighted by Gasteiger charge is -2.05. The maximum Gasteiger partial charge on any atom is 0.276 e. The first-order chi connectivity index (χ1) is 11.6. The van der Waals surface area contributed by atoms with Crippen molar-refractivity contribution >= 4 is 41.0 Å². The van der Waals surface area contributed by atoms with Crippen molar-refractivity contribution in [1.29, 1.82) is 0 Å². The summed E-state index contributed by atoms with van der Waals surface area (Å²) in [4.78, 5) is 10.4. The number of thiocarbonyl (C=S) groups is 1. The molecular weight excluding hydrogens is 331 g/mol. The van der Waals surface area contributed by atoms with Crippen LogP contribution in [-0.2, 0) is 0 Å². The van der Waals surface area contributed by atoms with Crippen LogP contribution in [0.3, 0.4) is 0 Å². The summed E-state index contributed by atoms with van der Waals surface area (Å²) in [6.45, 7) is 0. The van der Waals surface area contributed by atoms with Crippen LogP contribution in [0.5, 0.6) is 0 Å². The molecule has 6 nitrogen and oxygen atoms in total. The minimum atomic E-state index is -0.448. The van der Waals surface area contributed by atoms with Gasteiger partial charge < -0.3 is 5.32 Å². The lowest BCUT2D eigenvalue weighted by atomic mass is 10.2. The molecule has 0 fully saturated rings. The Balaban J connectivity index is 1.87. The molecule has 0 aliphatic heterocycles. The number of benzene rings is 2. The zero-order chi connectivity index (χ0) is 17.4. The van der Waals surface area contributed by atoms with E-state index in [1.54, 1.807) is 42.5 Å². The van der Waals surface area contributed by atoms with E-state index in [0.29, 0.717) is 11.3 Å². The molecule has 0 aliphatic rings. The number of hydrogen-bond donors (Lipinski definition) is 2. The largest absolute Gasteiger partial charge is 0.331 e. The van der Waals surface area contributed by atoms with Gasteiger partial charge in [-0.15, -0.1) is 0 Å². The topological polar surface area (TPSA) is 79.6 Å². The van der Waals surface area contributed by atoms with E-state index in [9.17, 15) is 14.5 Å². The van der Waals surface area contributed by atoms with E-state index in [0.717, 1.165) is 0 Å². The van der Waals surface area contributed by atoms with Gasteiger partial charge in [-0.3, -0.25) is 15.5 Å². The van der Waals surface area contributed by atoms with Crippen LogP contribution >= 0.6 is 12.2 Å². The molecule has 0 saturated carbocycles. The summed E-state index contributed by atoms with van der Waals surface area (Å²) in [6, 6.07) is 12.1. The maximum atomic E-state index is 12.8. The van der Waals surface area contributed by atoms with Crippen molar-refractivity contribution in [3.05, 3.63) is 76.1 Å². The van der Waals surface area contributed by atoms with Gasteiger partial charge in [0, 0.05) is 18.0 Å². The molecule has 24 heavy (non-hydrogen) atoms. The Morgan fingerprint density at radius 3 is 2.62 bits per heavy atom. The van der Waals surface area contributed by atoms with Gasteiger partial charge in [0.2, 0.25) is 0 Å². The number of allylic oxidation sites excluding steroid dienone is 1. The molecular formula is C16H13FN4O2S. The van der Waals surface area contributed by atoms with E-state index in [2.05, 4.69) is 15.8 Å². The highest BCUT2D eigenvalue weighted by Gasteiger charge is 2.08. The highest BCUT2D eigenvalue weighted by Crippen LogP contribution is 2.18. The van der Waals surface area contributed by atoms with E-state index in [4.69, 9.17) is 12.2 Å². The lowest BCUT2D eigenvalue weighted by Crippen LogP contribution is -2.23. The Morgan fingerprint density at radius 1 is 1.21 bits per heavy atom. The quantitative estimate of drug-likeness (QED) is 0.374. The molecule has 2 rings (SSSR count). The monoisotopic (exact) mass is 344 g/mol. The van der Waals surface area contributed by atoms with E-state index >= 15 is 0 Å². The predicted octanol–water partition coefficient (Wildman–Crippen LogP) is 3.72. The Hall–Kier alpha value is -3.13. The molecule has 0 unspecified atom stereocenters. The highest BCUT2D eigenvalue weighted by atomic mass is 32.1. The van der Waals surface area contributed by atoms with Gasteiger partial charge in [-0.05, 0) is 54.7 Å². The number of nitrogens with one attached hydrogen (secondary N) is 2. The molecule has 8 heteroatoms.